The molecule has 0 aliphatic carbocycles. The summed E-state index contributed by atoms with van der Waals surface area (Å²) in [5, 5.41) is 30.5. The number of aliphatic hydroxyl groups excluding tert-OH is 1. The highest BCUT2D eigenvalue weighted by Crippen LogP contribution is 2.29. The van der Waals surface area contributed by atoms with E-state index in [1.54, 1.807) is 52.5 Å². The maximum absolute atomic E-state index is 11.9. The number of fused-ring (bicyclic) bond motifs is 1. The minimum atomic E-state index is -1.59. The zero-order valence-corrected chi connectivity index (χ0v) is 21.4. The molecule has 0 fully saturated rings. The van der Waals surface area contributed by atoms with E-state index in [1.807, 2.05) is 18.2 Å². The molecular weight excluding hydrogens is 474 g/mol. The molecule has 0 saturated carbocycles. The number of hydrogen-bond donors (Lipinski definition) is 4. The Bertz CT molecular complexity index is 1420. The SMILES string of the molecule is CNC(=O)c1ccc(C(C)CNc2cc(-c3cnc4c(cnn4C(C)(C)C(O)O)c3)ncn2)c(OC)c1. The summed E-state index contributed by atoms with van der Waals surface area (Å²) in [4.78, 5) is 25.2. The van der Waals surface area contributed by atoms with Gasteiger partial charge in [0.2, 0.25) is 0 Å². The van der Waals surface area contributed by atoms with E-state index in [-0.39, 0.29) is 11.8 Å². The van der Waals surface area contributed by atoms with Gasteiger partial charge in [-0.25, -0.2) is 19.6 Å². The van der Waals surface area contributed by atoms with E-state index in [1.165, 1.54) is 11.0 Å². The number of benzene rings is 1. The number of pyridine rings is 1. The molecule has 1 unspecified atom stereocenters. The molecule has 4 N–H and O–H groups in total. The number of carbonyl (C=O) groups excluding carboxylic acids is 1. The monoisotopic (exact) mass is 505 g/mol. The van der Waals surface area contributed by atoms with Gasteiger partial charge in [-0.3, -0.25) is 4.79 Å². The number of nitrogens with zero attached hydrogens (tertiary/aromatic N) is 5. The number of ether oxygens (including phenoxy) is 1. The zero-order valence-electron chi connectivity index (χ0n) is 21.4. The second-order valence-electron chi connectivity index (χ2n) is 9.33. The van der Waals surface area contributed by atoms with Crippen molar-refractivity contribution in [1.82, 2.24) is 30.0 Å². The molecule has 0 radical (unpaired) electrons. The van der Waals surface area contributed by atoms with Crippen LogP contribution in [0.25, 0.3) is 22.3 Å². The Balaban J connectivity index is 1.51. The summed E-state index contributed by atoms with van der Waals surface area (Å²) >= 11 is 0. The summed E-state index contributed by atoms with van der Waals surface area (Å²) in [5.41, 5.74) is 2.47. The van der Waals surface area contributed by atoms with Crippen LogP contribution in [0.2, 0.25) is 0 Å². The van der Waals surface area contributed by atoms with Crippen molar-refractivity contribution in [2.75, 3.05) is 26.0 Å². The van der Waals surface area contributed by atoms with Crippen LogP contribution in [0.3, 0.4) is 0 Å². The van der Waals surface area contributed by atoms with Crippen molar-refractivity contribution in [3.05, 3.63) is 60.2 Å². The second kappa shape index (κ2) is 10.5. The lowest BCUT2D eigenvalue weighted by molar-refractivity contribution is -0.116. The third-order valence-electron chi connectivity index (χ3n) is 6.39. The van der Waals surface area contributed by atoms with E-state index in [0.717, 1.165) is 16.5 Å². The summed E-state index contributed by atoms with van der Waals surface area (Å²) in [6, 6.07) is 9.16. The summed E-state index contributed by atoms with van der Waals surface area (Å²) in [6.45, 7) is 5.99. The molecular formula is C26H31N7O4. The molecule has 4 rings (SSSR count). The predicted molar refractivity (Wildman–Crippen MR) is 139 cm³/mol. The van der Waals surface area contributed by atoms with Crippen LogP contribution in [0.5, 0.6) is 5.75 Å². The number of aliphatic hydroxyl groups is 2. The van der Waals surface area contributed by atoms with Crippen molar-refractivity contribution >= 4 is 22.8 Å². The molecule has 11 heteroatoms. The molecule has 4 aromatic rings. The molecule has 1 aromatic carbocycles. The van der Waals surface area contributed by atoms with Gasteiger partial charge in [0.15, 0.2) is 11.9 Å². The van der Waals surface area contributed by atoms with Crippen molar-refractivity contribution in [1.29, 1.82) is 0 Å². The summed E-state index contributed by atoms with van der Waals surface area (Å²) in [7, 11) is 3.18. The van der Waals surface area contributed by atoms with Crippen molar-refractivity contribution < 1.29 is 19.7 Å². The average molecular weight is 506 g/mol. The third-order valence-corrected chi connectivity index (χ3v) is 6.39. The zero-order chi connectivity index (χ0) is 26.7. The molecule has 3 aromatic heterocycles. The highest BCUT2D eigenvalue weighted by atomic mass is 16.5. The molecule has 37 heavy (non-hydrogen) atoms. The van der Waals surface area contributed by atoms with Crippen molar-refractivity contribution in [3.8, 4) is 17.0 Å². The molecule has 11 nitrogen and oxygen atoms in total. The van der Waals surface area contributed by atoms with Gasteiger partial charge in [-0.1, -0.05) is 13.0 Å². The fourth-order valence-electron chi connectivity index (χ4n) is 3.98. The fourth-order valence-corrected chi connectivity index (χ4v) is 3.98. The van der Waals surface area contributed by atoms with Crippen molar-refractivity contribution in [3.63, 3.8) is 0 Å². The number of aromatic nitrogens is 5. The lowest BCUT2D eigenvalue weighted by Crippen LogP contribution is -2.40. The van der Waals surface area contributed by atoms with Crippen LogP contribution in [0.1, 0.15) is 42.6 Å². The van der Waals surface area contributed by atoms with E-state index in [2.05, 4.69) is 37.6 Å². The summed E-state index contributed by atoms with van der Waals surface area (Å²) in [5.74, 6) is 1.20. The topological polar surface area (TPSA) is 147 Å². The van der Waals surface area contributed by atoms with E-state index in [0.29, 0.717) is 35.0 Å². The summed E-state index contributed by atoms with van der Waals surface area (Å²) < 4.78 is 7.03. The van der Waals surface area contributed by atoms with Gasteiger partial charge in [-0.05, 0) is 37.6 Å². The van der Waals surface area contributed by atoms with Crippen molar-refractivity contribution in [2.45, 2.75) is 38.5 Å². The maximum atomic E-state index is 11.9. The smallest absolute Gasteiger partial charge is 0.251 e. The Kier molecular flexibility index (Phi) is 7.37. The lowest BCUT2D eigenvalue weighted by atomic mass is 9.98. The van der Waals surface area contributed by atoms with Crippen LogP contribution < -0.4 is 15.4 Å². The fraction of sp³-hybridized carbons (Fsp3) is 0.346. The maximum Gasteiger partial charge on any atom is 0.251 e. The number of methoxy groups -OCH3 is 1. The Morgan fingerprint density at radius 2 is 1.92 bits per heavy atom. The first-order valence-corrected chi connectivity index (χ1v) is 11.8. The molecule has 1 atom stereocenters. The lowest BCUT2D eigenvalue weighted by Gasteiger charge is -2.27. The van der Waals surface area contributed by atoms with Gasteiger partial charge < -0.3 is 25.6 Å². The van der Waals surface area contributed by atoms with Crippen LogP contribution in [-0.4, -0.2) is 67.8 Å². The van der Waals surface area contributed by atoms with E-state index in [4.69, 9.17) is 4.74 Å². The van der Waals surface area contributed by atoms with Gasteiger partial charge in [0.25, 0.3) is 5.91 Å². The molecule has 0 saturated heterocycles. The Morgan fingerprint density at radius 3 is 2.62 bits per heavy atom. The number of nitrogens with one attached hydrogen (secondary N) is 2. The molecule has 3 heterocycles. The van der Waals surface area contributed by atoms with Gasteiger partial charge in [0, 0.05) is 48.3 Å². The molecule has 0 aliphatic heterocycles. The number of hydrogen-bond acceptors (Lipinski definition) is 9. The first-order chi connectivity index (χ1) is 17.6. The Labute approximate surface area is 214 Å². The van der Waals surface area contributed by atoms with Crippen LogP contribution >= 0.6 is 0 Å². The Morgan fingerprint density at radius 1 is 1.14 bits per heavy atom. The number of carbonyl (C=O) groups is 1. The normalized spacial score (nSPS) is 12.5. The molecule has 0 bridgehead atoms. The van der Waals surface area contributed by atoms with E-state index >= 15 is 0 Å². The van der Waals surface area contributed by atoms with E-state index in [9.17, 15) is 15.0 Å². The van der Waals surface area contributed by atoms with Crippen LogP contribution in [-0.2, 0) is 5.54 Å². The van der Waals surface area contributed by atoms with Crippen LogP contribution in [0.15, 0.2) is 49.1 Å². The highest BCUT2D eigenvalue weighted by molar-refractivity contribution is 5.94. The molecule has 194 valence electrons. The number of anilines is 1. The largest absolute Gasteiger partial charge is 0.496 e. The van der Waals surface area contributed by atoms with Gasteiger partial charge in [0.1, 0.15) is 23.4 Å². The van der Waals surface area contributed by atoms with Gasteiger partial charge in [0.05, 0.1) is 19.0 Å². The highest BCUT2D eigenvalue weighted by Gasteiger charge is 2.31. The van der Waals surface area contributed by atoms with E-state index < -0.39 is 11.8 Å². The second-order valence-corrected chi connectivity index (χ2v) is 9.33. The average Bonchev–Trinajstić information content (AvgIpc) is 3.35. The van der Waals surface area contributed by atoms with Crippen LogP contribution in [0.4, 0.5) is 5.82 Å². The molecule has 0 spiro atoms. The minimum Gasteiger partial charge on any atom is -0.496 e. The molecule has 0 aliphatic rings. The standard InChI is InChI=1S/C26H31N7O4/c1-15(19-7-6-16(24(34)27-4)9-21(19)37-5)11-28-22-10-20(30-14-31-22)17-8-18-13-32-33(23(18)29-12-17)26(2,3)25(35)36/h6-10,12-15,25,35-36H,11H2,1-5H3,(H,27,34)(H,28,30,31). The molecule has 1 amide bonds. The first kappa shape index (κ1) is 26.0. The third kappa shape index (κ3) is 5.23. The van der Waals surface area contributed by atoms with Gasteiger partial charge >= 0.3 is 0 Å². The van der Waals surface area contributed by atoms with Gasteiger partial charge in [-0.2, -0.15) is 5.10 Å². The quantitative estimate of drug-likeness (QED) is 0.252. The first-order valence-electron chi connectivity index (χ1n) is 11.8. The predicted octanol–water partition coefficient (Wildman–Crippen LogP) is 2.52. The Hall–Kier alpha value is -4.09. The van der Waals surface area contributed by atoms with Gasteiger partial charge in [-0.15, -0.1) is 0 Å². The van der Waals surface area contributed by atoms with Crippen molar-refractivity contribution in [2.24, 2.45) is 0 Å². The van der Waals surface area contributed by atoms with Crippen LogP contribution in [0, 0.1) is 0 Å². The number of amides is 1. The number of rotatable bonds is 9. The minimum absolute atomic E-state index is 0.0705. The summed E-state index contributed by atoms with van der Waals surface area (Å²) in [6.07, 6.45) is 3.21.